The van der Waals surface area contributed by atoms with Crippen LogP contribution in [-0.4, -0.2) is 17.9 Å². The van der Waals surface area contributed by atoms with E-state index >= 15 is 0 Å². The van der Waals surface area contributed by atoms with Gasteiger partial charge in [-0.25, -0.2) is 0 Å². The summed E-state index contributed by atoms with van der Waals surface area (Å²) in [6.45, 7) is 8.38. The molecule has 0 aromatic heterocycles. The first-order valence-corrected chi connectivity index (χ1v) is 7.12. The second-order valence-electron chi connectivity index (χ2n) is 4.86. The Morgan fingerprint density at radius 1 is 1.12 bits per heavy atom. The van der Waals surface area contributed by atoms with Crippen molar-refractivity contribution in [3.63, 3.8) is 0 Å². The maximum absolute atomic E-state index is 6.01. The van der Waals surface area contributed by atoms with Gasteiger partial charge in [0, 0.05) is 16.7 Å². The van der Waals surface area contributed by atoms with E-state index in [9.17, 15) is 0 Å². The Kier molecular flexibility index (Phi) is 5.86. The van der Waals surface area contributed by atoms with Crippen molar-refractivity contribution in [3.8, 4) is 5.75 Å². The van der Waals surface area contributed by atoms with Gasteiger partial charge in [-0.15, -0.1) is 11.8 Å². The summed E-state index contributed by atoms with van der Waals surface area (Å²) >= 11 is 1.80. The Bertz CT molecular complexity index is 321. The predicted octanol–water partition coefficient (Wildman–Crippen LogP) is 3.55. The topological polar surface area (TPSA) is 35.2 Å². The largest absolute Gasteiger partial charge is 0.491 e. The van der Waals surface area contributed by atoms with Gasteiger partial charge in [0.2, 0.25) is 0 Å². The molecule has 1 rings (SSSR count). The summed E-state index contributed by atoms with van der Waals surface area (Å²) in [7, 11) is 0. The Balaban J connectivity index is 2.45. The molecule has 1 aromatic carbocycles. The van der Waals surface area contributed by atoms with E-state index in [1.165, 1.54) is 4.90 Å². The fourth-order valence-electron chi connectivity index (χ4n) is 1.27. The monoisotopic (exact) mass is 253 g/mol. The minimum atomic E-state index is 0.225. The maximum atomic E-state index is 6.01. The van der Waals surface area contributed by atoms with Crippen molar-refractivity contribution in [2.75, 3.05) is 5.75 Å². The van der Waals surface area contributed by atoms with E-state index in [2.05, 4.69) is 26.0 Å². The number of ether oxygens (including phenoxy) is 1. The Morgan fingerprint density at radius 2 is 1.71 bits per heavy atom. The van der Waals surface area contributed by atoms with Crippen LogP contribution in [0.15, 0.2) is 29.2 Å². The Labute approximate surface area is 109 Å². The van der Waals surface area contributed by atoms with E-state index in [0.717, 1.165) is 11.5 Å². The second kappa shape index (κ2) is 6.92. The molecule has 0 bridgehead atoms. The summed E-state index contributed by atoms with van der Waals surface area (Å²) in [5.74, 6) is 2.42. The number of benzene rings is 1. The molecule has 0 saturated carbocycles. The van der Waals surface area contributed by atoms with Crippen LogP contribution in [0.5, 0.6) is 5.75 Å². The lowest BCUT2D eigenvalue weighted by molar-refractivity contribution is 0.242. The molecule has 0 amide bonds. The number of hydrogen-bond donors (Lipinski definition) is 1. The third-order valence-electron chi connectivity index (χ3n) is 2.49. The van der Waals surface area contributed by atoms with E-state index in [0.29, 0.717) is 5.92 Å². The van der Waals surface area contributed by atoms with Crippen LogP contribution in [0, 0.1) is 5.92 Å². The molecule has 96 valence electrons. The number of thioether (sulfide) groups is 1. The maximum Gasteiger partial charge on any atom is 0.119 e. The molecule has 0 spiro atoms. The van der Waals surface area contributed by atoms with E-state index in [1.807, 2.05) is 26.0 Å². The molecule has 0 heterocycles. The average molecular weight is 253 g/mol. The van der Waals surface area contributed by atoms with Crippen molar-refractivity contribution < 1.29 is 4.74 Å². The van der Waals surface area contributed by atoms with Crippen LogP contribution in [0.1, 0.15) is 27.7 Å². The Morgan fingerprint density at radius 3 is 2.18 bits per heavy atom. The minimum Gasteiger partial charge on any atom is -0.491 e. The van der Waals surface area contributed by atoms with E-state index in [-0.39, 0.29) is 12.1 Å². The zero-order valence-electron chi connectivity index (χ0n) is 11.1. The van der Waals surface area contributed by atoms with E-state index in [4.69, 9.17) is 10.5 Å². The van der Waals surface area contributed by atoms with Crippen molar-refractivity contribution in [3.05, 3.63) is 24.3 Å². The summed E-state index contributed by atoms with van der Waals surface area (Å²) in [5.41, 5.74) is 6.01. The summed E-state index contributed by atoms with van der Waals surface area (Å²) in [6.07, 6.45) is 0.225. The Hall–Kier alpha value is -0.670. The van der Waals surface area contributed by atoms with Gasteiger partial charge in [-0.1, -0.05) is 13.8 Å². The van der Waals surface area contributed by atoms with Gasteiger partial charge >= 0.3 is 0 Å². The van der Waals surface area contributed by atoms with Crippen molar-refractivity contribution in [2.45, 2.75) is 44.7 Å². The van der Waals surface area contributed by atoms with Crippen molar-refractivity contribution >= 4 is 11.8 Å². The van der Waals surface area contributed by atoms with Crippen LogP contribution in [0.25, 0.3) is 0 Å². The number of rotatable bonds is 6. The first-order chi connectivity index (χ1) is 7.99. The molecule has 0 aliphatic carbocycles. The number of hydrogen-bond acceptors (Lipinski definition) is 3. The molecule has 17 heavy (non-hydrogen) atoms. The molecule has 1 aromatic rings. The van der Waals surface area contributed by atoms with Crippen molar-refractivity contribution in [1.82, 2.24) is 0 Å². The van der Waals surface area contributed by atoms with Gasteiger partial charge in [0.1, 0.15) is 5.75 Å². The van der Waals surface area contributed by atoms with Crippen LogP contribution in [0.4, 0.5) is 0 Å². The molecule has 0 saturated heterocycles. The molecule has 0 aliphatic heterocycles. The van der Waals surface area contributed by atoms with Gasteiger partial charge in [0.05, 0.1) is 6.10 Å². The molecule has 0 radical (unpaired) electrons. The standard InChI is InChI=1S/C14H23NOS/c1-10(2)14(15)9-17-13-7-5-12(6-8-13)16-11(3)4/h5-8,10-11,14H,9,15H2,1-4H3. The molecule has 3 heteroatoms. The highest BCUT2D eigenvalue weighted by Crippen LogP contribution is 2.23. The van der Waals surface area contributed by atoms with Gasteiger partial charge in [-0.2, -0.15) is 0 Å². The van der Waals surface area contributed by atoms with Crippen molar-refractivity contribution in [2.24, 2.45) is 11.7 Å². The van der Waals surface area contributed by atoms with Crippen LogP contribution >= 0.6 is 11.8 Å². The summed E-state index contributed by atoms with van der Waals surface area (Å²) in [4.78, 5) is 1.25. The van der Waals surface area contributed by atoms with Crippen LogP contribution in [0.3, 0.4) is 0 Å². The fourth-order valence-corrected chi connectivity index (χ4v) is 2.37. The number of nitrogens with two attached hydrogens (primary N) is 1. The van der Waals surface area contributed by atoms with Crippen LogP contribution < -0.4 is 10.5 Å². The van der Waals surface area contributed by atoms with Gasteiger partial charge in [-0.05, 0) is 44.0 Å². The molecule has 1 atom stereocenters. The van der Waals surface area contributed by atoms with Crippen LogP contribution in [0.2, 0.25) is 0 Å². The smallest absolute Gasteiger partial charge is 0.119 e. The lowest BCUT2D eigenvalue weighted by Crippen LogP contribution is -2.28. The average Bonchev–Trinajstić information content (AvgIpc) is 2.26. The molecule has 2 nitrogen and oxygen atoms in total. The highest BCUT2D eigenvalue weighted by Gasteiger charge is 2.08. The highest BCUT2D eigenvalue weighted by molar-refractivity contribution is 7.99. The summed E-state index contributed by atoms with van der Waals surface area (Å²) in [5, 5.41) is 0. The zero-order chi connectivity index (χ0) is 12.8. The molecular weight excluding hydrogens is 230 g/mol. The lowest BCUT2D eigenvalue weighted by atomic mass is 10.1. The first-order valence-electron chi connectivity index (χ1n) is 6.14. The predicted molar refractivity (Wildman–Crippen MR) is 75.7 cm³/mol. The minimum absolute atomic E-state index is 0.225. The first kappa shape index (κ1) is 14.4. The van der Waals surface area contributed by atoms with Gasteiger partial charge < -0.3 is 10.5 Å². The highest BCUT2D eigenvalue weighted by atomic mass is 32.2. The molecule has 0 aliphatic rings. The van der Waals surface area contributed by atoms with Gasteiger partial charge in [0.15, 0.2) is 0 Å². The summed E-state index contributed by atoms with van der Waals surface area (Å²) in [6, 6.07) is 8.48. The second-order valence-corrected chi connectivity index (χ2v) is 5.95. The molecular formula is C14H23NOS. The fraction of sp³-hybridized carbons (Fsp3) is 0.571. The van der Waals surface area contributed by atoms with Crippen LogP contribution in [-0.2, 0) is 0 Å². The SMILES string of the molecule is CC(C)Oc1ccc(SCC(N)C(C)C)cc1. The van der Waals surface area contributed by atoms with Crippen molar-refractivity contribution in [1.29, 1.82) is 0 Å². The third kappa shape index (κ3) is 5.46. The van der Waals surface area contributed by atoms with E-state index in [1.54, 1.807) is 11.8 Å². The van der Waals surface area contributed by atoms with Gasteiger partial charge in [0.25, 0.3) is 0 Å². The summed E-state index contributed by atoms with van der Waals surface area (Å²) < 4.78 is 5.60. The van der Waals surface area contributed by atoms with E-state index < -0.39 is 0 Å². The normalized spacial score (nSPS) is 13.1. The zero-order valence-corrected chi connectivity index (χ0v) is 12.0. The quantitative estimate of drug-likeness (QED) is 0.787. The lowest BCUT2D eigenvalue weighted by Gasteiger charge is -2.15. The molecule has 1 unspecified atom stereocenters. The molecule has 2 N–H and O–H groups in total. The van der Waals surface area contributed by atoms with Gasteiger partial charge in [-0.3, -0.25) is 0 Å². The molecule has 0 fully saturated rings. The third-order valence-corrected chi connectivity index (χ3v) is 3.65.